The van der Waals surface area contributed by atoms with Crippen molar-refractivity contribution >= 4 is 11.8 Å². The Labute approximate surface area is 126 Å². The molecule has 21 heavy (non-hydrogen) atoms. The minimum absolute atomic E-state index is 0.0276. The minimum Gasteiger partial charge on any atom is -0.381 e. The van der Waals surface area contributed by atoms with E-state index in [2.05, 4.69) is 10.2 Å². The van der Waals surface area contributed by atoms with Gasteiger partial charge in [-0.1, -0.05) is 0 Å². The standard InChI is InChI=1S/C15H27N3O3/c1-17(2)14(19)11-18-6-3-13(10-18)15(20)16-9-12-4-7-21-8-5-12/h12-13H,3-11H2,1-2H3,(H,16,20)/t13-/m1/s1. The number of hydrogen-bond donors (Lipinski definition) is 1. The molecule has 120 valence electrons. The number of nitrogens with zero attached hydrogens (tertiary/aromatic N) is 2. The molecule has 0 spiro atoms. The SMILES string of the molecule is CN(C)C(=O)CN1CC[C@@H](C(=O)NCC2CCOCC2)C1. The highest BCUT2D eigenvalue weighted by Crippen LogP contribution is 2.17. The average Bonchev–Trinajstić information content (AvgIpc) is 2.94. The van der Waals surface area contributed by atoms with Gasteiger partial charge < -0.3 is 15.0 Å². The van der Waals surface area contributed by atoms with Crippen molar-refractivity contribution in [2.24, 2.45) is 11.8 Å². The molecule has 1 atom stereocenters. The lowest BCUT2D eigenvalue weighted by atomic mass is 10.00. The zero-order valence-corrected chi connectivity index (χ0v) is 13.1. The topological polar surface area (TPSA) is 61.9 Å². The van der Waals surface area contributed by atoms with Crippen molar-refractivity contribution in [2.75, 3.05) is 53.5 Å². The van der Waals surface area contributed by atoms with E-state index < -0.39 is 0 Å². The first-order chi connectivity index (χ1) is 10.1. The minimum atomic E-state index is 0.0276. The molecule has 2 saturated heterocycles. The van der Waals surface area contributed by atoms with Crippen LogP contribution >= 0.6 is 0 Å². The van der Waals surface area contributed by atoms with Crippen LogP contribution in [-0.2, 0) is 14.3 Å². The number of likely N-dealkylation sites (tertiary alicyclic amines) is 1. The van der Waals surface area contributed by atoms with Crippen molar-refractivity contribution in [2.45, 2.75) is 19.3 Å². The molecule has 0 bridgehead atoms. The summed E-state index contributed by atoms with van der Waals surface area (Å²) >= 11 is 0. The summed E-state index contributed by atoms with van der Waals surface area (Å²) < 4.78 is 5.32. The van der Waals surface area contributed by atoms with Gasteiger partial charge in [0.25, 0.3) is 0 Å². The highest BCUT2D eigenvalue weighted by molar-refractivity contribution is 5.80. The van der Waals surface area contributed by atoms with Crippen LogP contribution in [-0.4, -0.2) is 75.1 Å². The van der Waals surface area contributed by atoms with Crippen LogP contribution in [0.5, 0.6) is 0 Å². The third kappa shape index (κ3) is 4.97. The number of carbonyl (C=O) groups is 2. The normalized spacial score (nSPS) is 24.0. The summed E-state index contributed by atoms with van der Waals surface area (Å²) in [7, 11) is 3.52. The molecule has 2 aliphatic heterocycles. The summed E-state index contributed by atoms with van der Waals surface area (Å²) in [5, 5.41) is 3.07. The second-order valence-corrected chi connectivity index (χ2v) is 6.31. The van der Waals surface area contributed by atoms with Gasteiger partial charge in [0.05, 0.1) is 12.5 Å². The van der Waals surface area contributed by atoms with Gasteiger partial charge in [0.1, 0.15) is 0 Å². The van der Waals surface area contributed by atoms with Crippen molar-refractivity contribution in [1.29, 1.82) is 0 Å². The van der Waals surface area contributed by atoms with Crippen LogP contribution in [0.15, 0.2) is 0 Å². The average molecular weight is 297 g/mol. The van der Waals surface area contributed by atoms with Crippen molar-refractivity contribution in [3.63, 3.8) is 0 Å². The van der Waals surface area contributed by atoms with Gasteiger partial charge in [-0.15, -0.1) is 0 Å². The van der Waals surface area contributed by atoms with E-state index >= 15 is 0 Å². The first-order valence-corrected chi connectivity index (χ1v) is 7.84. The maximum atomic E-state index is 12.2. The van der Waals surface area contributed by atoms with Crippen molar-refractivity contribution in [1.82, 2.24) is 15.1 Å². The van der Waals surface area contributed by atoms with E-state index in [-0.39, 0.29) is 17.7 Å². The molecule has 1 N–H and O–H groups in total. The first-order valence-electron chi connectivity index (χ1n) is 7.84. The number of ether oxygens (including phenoxy) is 1. The molecule has 6 heteroatoms. The quantitative estimate of drug-likeness (QED) is 0.772. The highest BCUT2D eigenvalue weighted by Gasteiger charge is 2.29. The predicted octanol–water partition coefficient (Wildman–Crippen LogP) is -0.0607. The molecular weight excluding hydrogens is 270 g/mol. The Morgan fingerprint density at radius 2 is 1.95 bits per heavy atom. The van der Waals surface area contributed by atoms with Crippen LogP contribution in [0.3, 0.4) is 0 Å². The fourth-order valence-corrected chi connectivity index (χ4v) is 2.86. The van der Waals surface area contributed by atoms with E-state index in [1.165, 1.54) is 0 Å². The van der Waals surface area contributed by atoms with Crippen LogP contribution in [0.1, 0.15) is 19.3 Å². The molecule has 0 unspecified atom stereocenters. The lowest BCUT2D eigenvalue weighted by Gasteiger charge is -2.23. The number of hydrogen-bond acceptors (Lipinski definition) is 4. The lowest BCUT2D eigenvalue weighted by Crippen LogP contribution is -2.39. The lowest BCUT2D eigenvalue weighted by molar-refractivity contribution is -0.130. The molecule has 0 aromatic carbocycles. The van der Waals surface area contributed by atoms with Gasteiger partial charge in [-0.25, -0.2) is 0 Å². The molecule has 2 rings (SSSR count). The molecule has 2 heterocycles. The molecule has 2 aliphatic rings. The monoisotopic (exact) mass is 297 g/mol. The molecule has 0 aromatic heterocycles. The van der Waals surface area contributed by atoms with E-state index in [1.54, 1.807) is 19.0 Å². The van der Waals surface area contributed by atoms with E-state index in [9.17, 15) is 9.59 Å². The van der Waals surface area contributed by atoms with Gasteiger partial charge in [0.2, 0.25) is 11.8 Å². The van der Waals surface area contributed by atoms with E-state index in [1.807, 2.05) is 0 Å². The Hall–Kier alpha value is -1.14. The van der Waals surface area contributed by atoms with Crippen LogP contribution in [0, 0.1) is 11.8 Å². The summed E-state index contributed by atoms with van der Waals surface area (Å²) in [5.41, 5.74) is 0. The van der Waals surface area contributed by atoms with E-state index in [0.717, 1.165) is 45.6 Å². The highest BCUT2D eigenvalue weighted by atomic mass is 16.5. The van der Waals surface area contributed by atoms with E-state index in [0.29, 0.717) is 19.0 Å². The second kappa shape index (κ2) is 7.75. The number of amides is 2. The van der Waals surface area contributed by atoms with Gasteiger partial charge in [-0.05, 0) is 31.7 Å². The molecule has 0 aromatic rings. The van der Waals surface area contributed by atoms with Gasteiger partial charge in [-0.2, -0.15) is 0 Å². The van der Waals surface area contributed by atoms with E-state index in [4.69, 9.17) is 4.74 Å². The zero-order chi connectivity index (χ0) is 15.2. The smallest absolute Gasteiger partial charge is 0.236 e. The predicted molar refractivity (Wildman–Crippen MR) is 79.8 cm³/mol. The third-order valence-electron chi connectivity index (χ3n) is 4.41. The molecular formula is C15H27N3O3. The number of nitrogens with one attached hydrogen (secondary N) is 1. The molecule has 6 nitrogen and oxygen atoms in total. The molecule has 2 amide bonds. The summed E-state index contributed by atoms with van der Waals surface area (Å²) in [4.78, 5) is 27.5. The Bertz CT molecular complexity index is 367. The fraction of sp³-hybridized carbons (Fsp3) is 0.867. The second-order valence-electron chi connectivity index (χ2n) is 6.31. The third-order valence-corrected chi connectivity index (χ3v) is 4.41. The summed E-state index contributed by atoms with van der Waals surface area (Å²) in [6, 6.07) is 0. The maximum absolute atomic E-state index is 12.2. The number of rotatable bonds is 5. The Morgan fingerprint density at radius 1 is 1.24 bits per heavy atom. The Kier molecular flexibility index (Phi) is 5.99. The van der Waals surface area contributed by atoms with Crippen LogP contribution < -0.4 is 5.32 Å². The van der Waals surface area contributed by atoms with Crippen molar-refractivity contribution < 1.29 is 14.3 Å². The fourth-order valence-electron chi connectivity index (χ4n) is 2.86. The summed E-state index contributed by atoms with van der Waals surface area (Å²) in [6.07, 6.45) is 2.92. The van der Waals surface area contributed by atoms with Crippen molar-refractivity contribution in [3.05, 3.63) is 0 Å². The van der Waals surface area contributed by atoms with Gasteiger partial charge in [0.15, 0.2) is 0 Å². The van der Waals surface area contributed by atoms with Crippen LogP contribution in [0.4, 0.5) is 0 Å². The molecule has 0 aliphatic carbocycles. The van der Waals surface area contributed by atoms with Gasteiger partial charge >= 0.3 is 0 Å². The van der Waals surface area contributed by atoms with Crippen LogP contribution in [0.25, 0.3) is 0 Å². The number of carbonyl (C=O) groups excluding carboxylic acids is 2. The first kappa shape index (κ1) is 16.2. The molecule has 2 fully saturated rings. The number of likely N-dealkylation sites (N-methyl/N-ethyl adjacent to an activating group) is 1. The van der Waals surface area contributed by atoms with Crippen LogP contribution in [0.2, 0.25) is 0 Å². The van der Waals surface area contributed by atoms with Crippen molar-refractivity contribution in [3.8, 4) is 0 Å². The Morgan fingerprint density at radius 3 is 2.62 bits per heavy atom. The van der Waals surface area contributed by atoms with Gasteiger partial charge in [0, 0.05) is 40.4 Å². The largest absolute Gasteiger partial charge is 0.381 e. The summed E-state index contributed by atoms with van der Waals surface area (Å²) in [5.74, 6) is 0.815. The van der Waals surface area contributed by atoms with Gasteiger partial charge in [-0.3, -0.25) is 14.5 Å². The molecule has 0 saturated carbocycles. The Balaban J connectivity index is 1.68. The maximum Gasteiger partial charge on any atom is 0.236 e. The summed E-state index contributed by atoms with van der Waals surface area (Å²) in [6.45, 7) is 4.31. The zero-order valence-electron chi connectivity index (χ0n) is 13.1. The molecule has 0 radical (unpaired) electrons.